The lowest BCUT2D eigenvalue weighted by molar-refractivity contribution is -0.167. The number of amides is 1. The highest BCUT2D eigenvalue weighted by atomic mass is 16.5. The van der Waals surface area contributed by atoms with Gasteiger partial charge in [0.2, 0.25) is 5.91 Å². The van der Waals surface area contributed by atoms with Crippen LogP contribution in [0.25, 0.3) is 0 Å². The summed E-state index contributed by atoms with van der Waals surface area (Å²) >= 11 is 0. The van der Waals surface area contributed by atoms with E-state index in [4.69, 9.17) is 4.74 Å². The van der Waals surface area contributed by atoms with Crippen molar-refractivity contribution < 1.29 is 14.3 Å². The van der Waals surface area contributed by atoms with Crippen LogP contribution >= 0.6 is 0 Å². The molecule has 5 nitrogen and oxygen atoms in total. The van der Waals surface area contributed by atoms with Gasteiger partial charge in [-0.15, -0.1) is 0 Å². The first-order valence-corrected chi connectivity index (χ1v) is 8.47. The molecule has 2 unspecified atom stereocenters. The van der Waals surface area contributed by atoms with E-state index in [9.17, 15) is 9.59 Å². The van der Waals surface area contributed by atoms with E-state index in [2.05, 4.69) is 10.2 Å². The predicted octanol–water partition coefficient (Wildman–Crippen LogP) is 1.43. The molecule has 0 saturated carbocycles. The van der Waals surface area contributed by atoms with Crippen LogP contribution in [0.1, 0.15) is 31.2 Å². The predicted molar refractivity (Wildman–Crippen MR) is 84.5 cm³/mol. The lowest BCUT2D eigenvalue weighted by atomic mass is 9.85. The van der Waals surface area contributed by atoms with Gasteiger partial charge in [-0.05, 0) is 43.8 Å². The molecule has 0 radical (unpaired) electrons. The smallest absolute Gasteiger partial charge is 0.336 e. The van der Waals surface area contributed by atoms with Crippen LogP contribution in [0.2, 0.25) is 0 Å². The SMILES string of the molecule is O=C1CCC(C(=O)OC2CN3CCC2CC3)(c2ccccc2)N1. The maximum absolute atomic E-state index is 13.0. The van der Waals surface area contributed by atoms with Gasteiger partial charge in [0.25, 0.3) is 0 Å². The number of piperidine rings is 3. The number of nitrogens with zero attached hydrogens (tertiary/aromatic N) is 1. The van der Waals surface area contributed by atoms with Crippen molar-refractivity contribution in [3.05, 3.63) is 35.9 Å². The van der Waals surface area contributed by atoms with E-state index >= 15 is 0 Å². The van der Waals surface area contributed by atoms with Crippen LogP contribution in [0.4, 0.5) is 0 Å². The highest BCUT2D eigenvalue weighted by Crippen LogP contribution is 2.36. The van der Waals surface area contributed by atoms with E-state index in [1.165, 1.54) is 0 Å². The second-order valence-electron chi connectivity index (χ2n) is 6.90. The Hall–Kier alpha value is -1.88. The van der Waals surface area contributed by atoms with Crippen molar-refractivity contribution in [1.82, 2.24) is 10.2 Å². The second kappa shape index (κ2) is 5.64. The number of fused-ring (bicyclic) bond motifs is 3. The lowest BCUT2D eigenvalue weighted by Gasteiger charge is -2.44. The number of hydrogen-bond donors (Lipinski definition) is 1. The molecule has 23 heavy (non-hydrogen) atoms. The molecular weight excluding hydrogens is 292 g/mol. The van der Waals surface area contributed by atoms with Gasteiger partial charge in [0.1, 0.15) is 6.10 Å². The molecule has 1 aromatic rings. The van der Waals surface area contributed by atoms with Crippen LogP contribution in [-0.4, -0.2) is 42.5 Å². The molecule has 1 aromatic carbocycles. The molecule has 122 valence electrons. The highest BCUT2D eigenvalue weighted by Gasteiger charge is 2.49. The van der Waals surface area contributed by atoms with Crippen LogP contribution in [0.3, 0.4) is 0 Å². The van der Waals surface area contributed by atoms with Crippen molar-refractivity contribution >= 4 is 11.9 Å². The summed E-state index contributed by atoms with van der Waals surface area (Å²) in [6.45, 7) is 3.05. The summed E-state index contributed by atoms with van der Waals surface area (Å²) in [4.78, 5) is 27.2. The van der Waals surface area contributed by atoms with Gasteiger partial charge in [-0.2, -0.15) is 0 Å². The number of esters is 1. The molecule has 4 fully saturated rings. The molecular formula is C18H22N2O3. The van der Waals surface area contributed by atoms with E-state index in [0.29, 0.717) is 18.8 Å². The third-order valence-electron chi connectivity index (χ3n) is 5.55. The minimum absolute atomic E-state index is 0.0388. The molecule has 1 amide bonds. The third-order valence-corrected chi connectivity index (χ3v) is 5.55. The largest absolute Gasteiger partial charge is 0.459 e. The third kappa shape index (κ3) is 2.53. The van der Waals surface area contributed by atoms with E-state index in [0.717, 1.165) is 38.0 Å². The maximum Gasteiger partial charge on any atom is 0.336 e. The van der Waals surface area contributed by atoms with Gasteiger partial charge < -0.3 is 10.1 Å². The molecule has 0 spiro atoms. The first-order chi connectivity index (χ1) is 11.2. The summed E-state index contributed by atoms with van der Waals surface area (Å²) in [5.41, 5.74) is -0.193. The second-order valence-corrected chi connectivity index (χ2v) is 6.90. The van der Waals surface area contributed by atoms with E-state index in [1.807, 2.05) is 30.3 Å². The molecule has 5 heteroatoms. The molecule has 5 rings (SSSR count). The van der Waals surface area contributed by atoms with Crippen molar-refractivity contribution in [3.63, 3.8) is 0 Å². The van der Waals surface area contributed by atoms with Crippen LogP contribution < -0.4 is 5.32 Å². The molecule has 2 bridgehead atoms. The van der Waals surface area contributed by atoms with Crippen LogP contribution in [-0.2, 0) is 19.9 Å². The lowest BCUT2D eigenvalue weighted by Crippen LogP contribution is -2.55. The maximum atomic E-state index is 13.0. The van der Waals surface area contributed by atoms with Gasteiger partial charge >= 0.3 is 5.97 Å². The topological polar surface area (TPSA) is 58.6 Å². The Morgan fingerprint density at radius 3 is 2.52 bits per heavy atom. The zero-order valence-corrected chi connectivity index (χ0v) is 13.2. The fourth-order valence-electron chi connectivity index (χ4n) is 4.16. The van der Waals surface area contributed by atoms with Crippen LogP contribution in [0, 0.1) is 5.92 Å². The standard InChI is InChI=1S/C18H22N2O3/c21-16-6-9-18(19-16,14-4-2-1-3-5-14)17(22)23-15-12-20-10-7-13(15)8-11-20/h1-5,13,15H,6-12H2,(H,19,21). The number of nitrogens with one attached hydrogen (secondary N) is 1. The summed E-state index contributed by atoms with van der Waals surface area (Å²) in [5, 5.41) is 2.89. The highest BCUT2D eigenvalue weighted by molar-refractivity contribution is 5.92. The Balaban J connectivity index is 1.57. The van der Waals surface area contributed by atoms with Gasteiger partial charge in [-0.3, -0.25) is 9.69 Å². The summed E-state index contributed by atoms with van der Waals surface area (Å²) < 4.78 is 5.92. The molecule has 4 saturated heterocycles. The Morgan fingerprint density at radius 2 is 1.96 bits per heavy atom. The van der Waals surface area contributed by atoms with Gasteiger partial charge in [-0.25, -0.2) is 4.79 Å². The Labute approximate surface area is 136 Å². The van der Waals surface area contributed by atoms with E-state index in [-0.39, 0.29) is 18.0 Å². The van der Waals surface area contributed by atoms with Gasteiger partial charge in [-0.1, -0.05) is 30.3 Å². The number of benzene rings is 1. The average Bonchev–Trinajstić information content (AvgIpc) is 3.00. The number of hydrogen-bond acceptors (Lipinski definition) is 4. The number of carbonyl (C=O) groups excluding carboxylic acids is 2. The first-order valence-electron chi connectivity index (χ1n) is 8.47. The fourth-order valence-corrected chi connectivity index (χ4v) is 4.16. The van der Waals surface area contributed by atoms with Gasteiger partial charge in [0.05, 0.1) is 0 Å². The van der Waals surface area contributed by atoms with Crippen molar-refractivity contribution in [2.24, 2.45) is 5.92 Å². The summed E-state index contributed by atoms with van der Waals surface area (Å²) in [5.74, 6) is 0.0851. The monoisotopic (exact) mass is 314 g/mol. The summed E-state index contributed by atoms with van der Waals surface area (Å²) in [7, 11) is 0. The van der Waals surface area contributed by atoms with Gasteiger partial charge in [0.15, 0.2) is 5.54 Å². The Kier molecular flexibility index (Phi) is 3.60. The molecule has 2 atom stereocenters. The molecule has 4 aliphatic rings. The first kappa shape index (κ1) is 14.7. The number of carbonyl (C=O) groups is 2. The molecule has 1 N–H and O–H groups in total. The zero-order chi connectivity index (χ0) is 15.9. The van der Waals surface area contributed by atoms with Crippen molar-refractivity contribution in [2.45, 2.75) is 37.3 Å². The van der Waals surface area contributed by atoms with Gasteiger partial charge in [0, 0.05) is 13.0 Å². The number of ether oxygens (including phenoxy) is 1. The normalized spacial score (nSPS) is 35.8. The molecule has 4 aliphatic heterocycles. The average molecular weight is 314 g/mol. The fraction of sp³-hybridized carbons (Fsp3) is 0.556. The Morgan fingerprint density at radius 1 is 1.22 bits per heavy atom. The zero-order valence-electron chi connectivity index (χ0n) is 13.2. The summed E-state index contributed by atoms with van der Waals surface area (Å²) in [6, 6.07) is 9.48. The van der Waals surface area contributed by atoms with E-state index < -0.39 is 5.54 Å². The number of rotatable bonds is 3. The Bertz CT molecular complexity index is 610. The van der Waals surface area contributed by atoms with Crippen LogP contribution in [0.15, 0.2) is 30.3 Å². The van der Waals surface area contributed by atoms with Crippen molar-refractivity contribution in [2.75, 3.05) is 19.6 Å². The van der Waals surface area contributed by atoms with Crippen molar-refractivity contribution in [3.8, 4) is 0 Å². The molecule has 0 aromatic heterocycles. The quantitative estimate of drug-likeness (QED) is 0.858. The summed E-state index contributed by atoms with van der Waals surface area (Å²) in [6.07, 6.45) is 2.99. The minimum atomic E-state index is -1.01. The van der Waals surface area contributed by atoms with Crippen LogP contribution in [0.5, 0.6) is 0 Å². The minimum Gasteiger partial charge on any atom is -0.459 e. The van der Waals surface area contributed by atoms with E-state index in [1.54, 1.807) is 0 Å². The molecule has 4 heterocycles. The van der Waals surface area contributed by atoms with Crippen molar-refractivity contribution in [1.29, 1.82) is 0 Å². The molecule has 0 aliphatic carbocycles.